The van der Waals surface area contributed by atoms with Gasteiger partial charge in [-0.3, -0.25) is 0 Å². The Hall–Kier alpha value is -2.22. The van der Waals surface area contributed by atoms with E-state index in [4.69, 9.17) is 4.74 Å². The highest BCUT2D eigenvalue weighted by atomic mass is 16.5. The number of hydrogen-bond acceptors (Lipinski definition) is 2. The Kier molecular flexibility index (Phi) is 4.40. The highest BCUT2D eigenvalue weighted by Gasteiger charge is 2.43. The number of fused-ring (bicyclic) bond motifs is 1. The third-order valence-corrected chi connectivity index (χ3v) is 5.17. The van der Waals surface area contributed by atoms with E-state index in [1.807, 2.05) is 0 Å². The fraction of sp³-hybridized carbons (Fsp3) is 0.364. The van der Waals surface area contributed by atoms with Crippen LogP contribution in [0.1, 0.15) is 37.5 Å². The van der Waals surface area contributed by atoms with Gasteiger partial charge in [-0.05, 0) is 63.4 Å². The van der Waals surface area contributed by atoms with E-state index in [9.17, 15) is 0 Å². The Bertz CT molecular complexity index is 777. The number of rotatable bonds is 4. The molecule has 2 aromatic carbocycles. The molecule has 2 nitrogen and oxygen atoms in total. The number of ether oxygens (including phenoxy) is 1. The van der Waals surface area contributed by atoms with Crippen molar-refractivity contribution in [1.82, 2.24) is 0 Å². The summed E-state index contributed by atoms with van der Waals surface area (Å²) < 4.78 is 5.50. The van der Waals surface area contributed by atoms with E-state index in [0.29, 0.717) is 0 Å². The maximum Gasteiger partial charge on any atom is 0.119 e. The summed E-state index contributed by atoms with van der Waals surface area (Å²) in [4.78, 5) is 2.44. The van der Waals surface area contributed by atoms with Gasteiger partial charge in [0.2, 0.25) is 0 Å². The molecule has 0 saturated carbocycles. The van der Waals surface area contributed by atoms with Gasteiger partial charge < -0.3 is 9.64 Å². The van der Waals surface area contributed by atoms with Gasteiger partial charge in [-0.1, -0.05) is 35.9 Å². The van der Waals surface area contributed by atoms with Crippen molar-refractivity contribution in [2.24, 2.45) is 0 Å². The molecule has 1 atom stereocenters. The summed E-state index contributed by atoms with van der Waals surface area (Å²) >= 11 is 0. The monoisotopic (exact) mass is 321 g/mol. The van der Waals surface area contributed by atoms with Gasteiger partial charge in [-0.2, -0.15) is 0 Å². The van der Waals surface area contributed by atoms with Crippen LogP contribution in [0.5, 0.6) is 5.75 Å². The summed E-state index contributed by atoms with van der Waals surface area (Å²) in [6, 6.07) is 15.3. The molecular formula is C22H27NO. The van der Waals surface area contributed by atoms with Crippen molar-refractivity contribution < 1.29 is 4.74 Å². The minimum absolute atomic E-state index is 0.0393. The average molecular weight is 321 g/mol. The number of methoxy groups -OCH3 is 1. The Balaban J connectivity index is 2.14. The predicted molar refractivity (Wildman–Crippen MR) is 102 cm³/mol. The van der Waals surface area contributed by atoms with E-state index < -0.39 is 0 Å². The zero-order chi connectivity index (χ0) is 17.3. The van der Waals surface area contributed by atoms with Crippen LogP contribution in [0, 0.1) is 6.92 Å². The van der Waals surface area contributed by atoms with Crippen LogP contribution in [0.4, 0.5) is 5.69 Å². The van der Waals surface area contributed by atoms with Crippen LogP contribution in [0.15, 0.2) is 54.2 Å². The molecule has 126 valence electrons. The van der Waals surface area contributed by atoms with Crippen molar-refractivity contribution in [2.45, 2.75) is 39.5 Å². The number of allylic oxidation sites excluding steroid dienone is 2. The molecule has 0 spiro atoms. The molecule has 0 bridgehead atoms. The van der Waals surface area contributed by atoms with Crippen LogP contribution in [-0.4, -0.2) is 13.7 Å². The van der Waals surface area contributed by atoms with Crippen molar-refractivity contribution in [1.29, 1.82) is 0 Å². The molecule has 1 heterocycles. The molecule has 0 aliphatic carbocycles. The smallest absolute Gasteiger partial charge is 0.119 e. The first-order valence-electron chi connectivity index (χ1n) is 8.72. The molecule has 0 radical (unpaired) electrons. The van der Waals surface area contributed by atoms with Gasteiger partial charge in [-0.15, -0.1) is 0 Å². The Morgan fingerprint density at radius 2 is 1.96 bits per heavy atom. The second kappa shape index (κ2) is 6.35. The standard InChI is InChI=1S/C22H27NO/c1-6-21-22(4,15-17-10-8-9-16(3)13-17)19-14-18(24-5)11-12-20(19)23(21)7-2/h6,8-14H,7,15H2,1-5H3/b21-6-. The first kappa shape index (κ1) is 16.6. The van der Waals surface area contributed by atoms with Crippen molar-refractivity contribution in [3.63, 3.8) is 0 Å². The van der Waals surface area contributed by atoms with Crippen LogP contribution < -0.4 is 9.64 Å². The lowest BCUT2D eigenvalue weighted by Gasteiger charge is -2.30. The summed E-state index contributed by atoms with van der Waals surface area (Å²) in [6.45, 7) is 9.86. The Morgan fingerprint density at radius 3 is 2.58 bits per heavy atom. The van der Waals surface area contributed by atoms with E-state index in [2.05, 4.69) is 81.1 Å². The van der Waals surface area contributed by atoms with Crippen molar-refractivity contribution >= 4 is 5.69 Å². The molecule has 0 amide bonds. The van der Waals surface area contributed by atoms with E-state index in [0.717, 1.165) is 18.7 Å². The predicted octanol–water partition coefficient (Wildman–Crippen LogP) is 5.25. The van der Waals surface area contributed by atoms with Gasteiger partial charge in [0.25, 0.3) is 0 Å². The first-order chi connectivity index (χ1) is 11.5. The quantitative estimate of drug-likeness (QED) is 0.763. The highest BCUT2D eigenvalue weighted by Crippen LogP contribution is 2.50. The lowest BCUT2D eigenvalue weighted by atomic mass is 9.76. The third-order valence-electron chi connectivity index (χ3n) is 5.17. The van der Waals surface area contributed by atoms with E-state index in [-0.39, 0.29) is 5.41 Å². The van der Waals surface area contributed by atoms with Gasteiger partial charge in [0.05, 0.1) is 7.11 Å². The highest BCUT2D eigenvalue weighted by molar-refractivity contribution is 5.72. The average Bonchev–Trinajstić information content (AvgIpc) is 2.81. The number of nitrogens with zero attached hydrogens (tertiary/aromatic N) is 1. The first-order valence-corrected chi connectivity index (χ1v) is 8.72. The number of hydrogen-bond donors (Lipinski definition) is 0. The normalized spacial score (nSPS) is 21.2. The zero-order valence-electron chi connectivity index (χ0n) is 15.4. The van der Waals surface area contributed by atoms with Crippen LogP contribution in [0.3, 0.4) is 0 Å². The van der Waals surface area contributed by atoms with Crippen LogP contribution >= 0.6 is 0 Å². The summed E-state index contributed by atoms with van der Waals surface area (Å²) in [6.07, 6.45) is 3.26. The minimum atomic E-state index is -0.0393. The van der Waals surface area contributed by atoms with Crippen molar-refractivity contribution in [2.75, 3.05) is 18.6 Å². The van der Waals surface area contributed by atoms with E-state index >= 15 is 0 Å². The second-order valence-electron chi connectivity index (χ2n) is 6.80. The second-order valence-corrected chi connectivity index (χ2v) is 6.80. The van der Waals surface area contributed by atoms with Gasteiger partial charge in [0, 0.05) is 23.3 Å². The molecule has 1 aliphatic heterocycles. The topological polar surface area (TPSA) is 12.5 Å². The molecular weight excluding hydrogens is 294 g/mol. The lowest BCUT2D eigenvalue weighted by Crippen LogP contribution is -2.30. The molecule has 0 saturated heterocycles. The van der Waals surface area contributed by atoms with Crippen molar-refractivity contribution in [3.05, 3.63) is 70.9 Å². The van der Waals surface area contributed by atoms with Gasteiger partial charge in [-0.25, -0.2) is 0 Å². The maximum absolute atomic E-state index is 5.50. The van der Waals surface area contributed by atoms with Gasteiger partial charge in [0.1, 0.15) is 5.75 Å². The molecule has 0 N–H and O–H groups in total. The maximum atomic E-state index is 5.50. The zero-order valence-corrected chi connectivity index (χ0v) is 15.4. The number of aryl methyl sites for hydroxylation is 1. The summed E-state index contributed by atoms with van der Waals surface area (Å²) in [7, 11) is 1.74. The molecule has 0 aromatic heterocycles. The van der Waals surface area contributed by atoms with Gasteiger partial charge >= 0.3 is 0 Å². The van der Waals surface area contributed by atoms with Gasteiger partial charge in [0.15, 0.2) is 0 Å². The molecule has 1 aliphatic rings. The SMILES string of the molecule is C/C=C1\N(CC)c2ccc(OC)cc2C1(C)Cc1cccc(C)c1. The van der Waals surface area contributed by atoms with E-state index in [1.165, 1.54) is 28.1 Å². The minimum Gasteiger partial charge on any atom is -0.497 e. The van der Waals surface area contributed by atoms with Crippen LogP contribution in [-0.2, 0) is 11.8 Å². The number of anilines is 1. The largest absolute Gasteiger partial charge is 0.497 e. The third kappa shape index (κ3) is 2.60. The molecule has 3 rings (SSSR count). The van der Waals surface area contributed by atoms with Crippen molar-refractivity contribution in [3.8, 4) is 5.75 Å². The van der Waals surface area contributed by atoms with Crippen LogP contribution in [0.25, 0.3) is 0 Å². The molecule has 1 unspecified atom stereocenters. The summed E-state index contributed by atoms with van der Waals surface area (Å²) in [5.41, 5.74) is 6.70. The molecule has 0 fully saturated rings. The Morgan fingerprint density at radius 1 is 1.17 bits per heavy atom. The fourth-order valence-electron chi connectivity index (χ4n) is 4.12. The van der Waals surface area contributed by atoms with E-state index in [1.54, 1.807) is 7.11 Å². The lowest BCUT2D eigenvalue weighted by molar-refractivity contribution is 0.413. The Labute approximate surface area is 145 Å². The van der Waals surface area contributed by atoms with Crippen LogP contribution in [0.2, 0.25) is 0 Å². The molecule has 2 aromatic rings. The fourth-order valence-corrected chi connectivity index (χ4v) is 4.12. The molecule has 2 heteroatoms. The summed E-state index contributed by atoms with van der Waals surface area (Å²) in [5, 5.41) is 0. The molecule has 24 heavy (non-hydrogen) atoms. The summed E-state index contributed by atoms with van der Waals surface area (Å²) in [5.74, 6) is 0.928. The number of likely N-dealkylation sites (N-methyl/N-ethyl adjacent to an activating group) is 1. The number of benzene rings is 2.